The molecule has 0 saturated heterocycles. The molecule has 0 radical (unpaired) electrons. The van der Waals surface area contributed by atoms with Crippen LogP contribution in [-0.2, 0) is 4.74 Å². The van der Waals surface area contributed by atoms with Gasteiger partial charge in [-0.25, -0.2) is 4.39 Å². The quantitative estimate of drug-likeness (QED) is 0.654. The Labute approximate surface area is 115 Å². The van der Waals surface area contributed by atoms with Crippen LogP contribution in [0.2, 0.25) is 0 Å². The van der Waals surface area contributed by atoms with Gasteiger partial charge in [-0.3, -0.25) is 0 Å². The average molecular weight is 360 g/mol. The van der Waals surface area contributed by atoms with Gasteiger partial charge in [-0.1, -0.05) is 0 Å². The van der Waals surface area contributed by atoms with Crippen LogP contribution in [0.15, 0.2) is 0 Å². The first kappa shape index (κ1) is 21.1. The zero-order valence-corrected chi connectivity index (χ0v) is 10.7. The van der Waals surface area contributed by atoms with Gasteiger partial charge in [-0.15, -0.1) is 0 Å². The van der Waals surface area contributed by atoms with Crippen LogP contribution in [0.5, 0.6) is 0 Å². The summed E-state index contributed by atoms with van der Waals surface area (Å²) in [6, 6.07) is 0. The molecule has 0 aromatic heterocycles. The van der Waals surface area contributed by atoms with E-state index < -0.39 is 49.3 Å². The van der Waals surface area contributed by atoms with Gasteiger partial charge in [0.25, 0.3) is 0 Å². The highest BCUT2D eigenvalue weighted by Crippen LogP contribution is 2.60. The van der Waals surface area contributed by atoms with Crippen LogP contribution in [0.1, 0.15) is 13.8 Å². The first-order valence-electron chi connectivity index (χ1n) is 5.22. The summed E-state index contributed by atoms with van der Waals surface area (Å²) in [7, 11) is 0. The second-order valence-corrected chi connectivity index (χ2v) is 4.19. The number of ether oxygens (including phenoxy) is 1. The molecule has 0 aliphatic rings. The zero-order chi connectivity index (χ0) is 18.4. The van der Waals surface area contributed by atoms with Crippen LogP contribution in [0.25, 0.3) is 0 Å². The normalized spacial score (nSPS) is 18.3. The van der Waals surface area contributed by atoms with E-state index in [0.29, 0.717) is 6.92 Å². The van der Waals surface area contributed by atoms with E-state index in [1.54, 1.807) is 0 Å². The smallest absolute Gasteiger partial charge is 0.365 e. The highest BCUT2D eigenvalue weighted by atomic mass is 19.4. The van der Waals surface area contributed by atoms with Crippen LogP contribution in [0.3, 0.4) is 0 Å². The van der Waals surface area contributed by atoms with Crippen molar-refractivity contribution in [3.05, 3.63) is 0 Å². The lowest BCUT2D eigenvalue weighted by Gasteiger charge is -2.47. The van der Waals surface area contributed by atoms with Crippen molar-refractivity contribution in [2.24, 2.45) is 0 Å². The molecule has 0 aliphatic heterocycles. The SMILES string of the molecule is CCOC(C)(C(F)(F)C(F)(F)F)C(F)(C(F)(F)F)C(F)(F)F. The molecule has 0 amide bonds. The number of alkyl halides is 12. The first-order valence-corrected chi connectivity index (χ1v) is 5.22. The Kier molecular flexibility index (Phi) is 5.12. The van der Waals surface area contributed by atoms with E-state index in [1.165, 1.54) is 0 Å². The molecule has 13 heteroatoms. The summed E-state index contributed by atoms with van der Waals surface area (Å²) in [5, 5.41) is 0. The monoisotopic (exact) mass is 360 g/mol. The molecule has 0 saturated carbocycles. The van der Waals surface area contributed by atoms with Crippen LogP contribution in [-0.4, -0.2) is 42.3 Å². The van der Waals surface area contributed by atoms with Crippen molar-refractivity contribution in [1.82, 2.24) is 0 Å². The van der Waals surface area contributed by atoms with Gasteiger partial charge < -0.3 is 4.74 Å². The van der Waals surface area contributed by atoms with Crippen molar-refractivity contribution >= 4 is 0 Å². The Hall–Kier alpha value is -0.880. The molecule has 0 heterocycles. The van der Waals surface area contributed by atoms with E-state index in [9.17, 15) is 52.7 Å². The van der Waals surface area contributed by atoms with Gasteiger partial charge in [0.2, 0.25) is 0 Å². The Morgan fingerprint density at radius 3 is 1.14 bits per heavy atom. The zero-order valence-electron chi connectivity index (χ0n) is 10.7. The number of rotatable bonds is 4. The van der Waals surface area contributed by atoms with Gasteiger partial charge in [0.05, 0.1) is 0 Å². The maximum absolute atomic E-state index is 13.7. The van der Waals surface area contributed by atoms with Crippen molar-refractivity contribution in [1.29, 1.82) is 0 Å². The lowest BCUT2D eigenvalue weighted by molar-refractivity contribution is -0.444. The molecule has 0 rings (SSSR count). The summed E-state index contributed by atoms with van der Waals surface area (Å²) < 4.78 is 155. The van der Waals surface area contributed by atoms with E-state index in [0.717, 1.165) is 0 Å². The molecule has 22 heavy (non-hydrogen) atoms. The molecule has 0 aromatic carbocycles. The van der Waals surface area contributed by atoms with Crippen LogP contribution < -0.4 is 0 Å². The summed E-state index contributed by atoms with van der Waals surface area (Å²) in [4.78, 5) is 0. The third-order valence-corrected chi connectivity index (χ3v) is 2.83. The maximum Gasteiger partial charge on any atom is 0.456 e. The molecule has 0 aromatic rings. The predicted octanol–water partition coefficient (Wildman–Crippen LogP) is 4.81. The minimum absolute atomic E-state index is 0.526. The second kappa shape index (κ2) is 5.34. The van der Waals surface area contributed by atoms with E-state index in [4.69, 9.17) is 0 Å². The first-order chi connectivity index (χ1) is 9.31. The third kappa shape index (κ3) is 2.71. The standard InChI is InChI=1S/C9H8F12O/c1-3-22-4(2,6(11,12)9(19,20)21)5(10,7(13,14)15)8(16,17)18/h3H2,1-2H3. The molecular formula is C9H8F12O. The topological polar surface area (TPSA) is 9.23 Å². The Bertz CT molecular complexity index is 377. The van der Waals surface area contributed by atoms with E-state index in [1.807, 2.05) is 0 Å². The van der Waals surface area contributed by atoms with Crippen molar-refractivity contribution in [3.63, 3.8) is 0 Å². The van der Waals surface area contributed by atoms with E-state index >= 15 is 0 Å². The molecule has 1 atom stereocenters. The van der Waals surface area contributed by atoms with Gasteiger partial charge in [-0.05, 0) is 13.8 Å². The molecule has 0 fully saturated rings. The van der Waals surface area contributed by atoms with Crippen molar-refractivity contribution in [2.75, 3.05) is 6.61 Å². The third-order valence-electron chi connectivity index (χ3n) is 2.83. The summed E-state index contributed by atoms with van der Waals surface area (Å²) >= 11 is 0. The summed E-state index contributed by atoms with van der Waals surface area (Å²) in [5.74, 6) is -6.80. The van der Waals surface area contributed by atoms with Gasteiger partial charge >= 0.3 is 30.1 Å². The summed E-state index contributed by atoms with van der Waals surface area (Å²) in [6.45, 7) is -1.87. The molecule has 134 valence electrons. The fourth-order valence-electron chi connectivity index (χ4n) is 1.67. The van der Waals surface area contributed by atoms with Crippen molar-refractivity contribution in [3.8, 4) is 0 Å². The minimum atomic E-state index is -7.15. The van der Waals surface area contributed by atoms with Crippen LogP contribution >= 0.6 is 0 Å². The summed E-state index contributed by atoms with van der Waals surface area (Å²) in [6.07, 6.45) is -21.2. The number of halogens is 12. The average Bonchev–Trinajstić information content (AvgIpc) is 2.22. The Balaban J connectivity index is 6.69. The lowest BCUT2D eigenvalue weighted by Crippen LogP contribution is -2.76. The fraction of sp³-hybridized carbons (Fsp3) is 1.00. The van der Waals surface area contributed by atoms with Crippen molar-refractivity contribution < 1.29 is 57.4 Å². The van der Waals surface area contributed by atoms with Gasteiger partial charge in [0.1, 0.15) is 0 Å². The maximum atomic E-state index is 13.7. The second-order valence-electron chi connectivity index (χ2n) is 4.19. The molecule has 1 unspecified atom stereocenters. The molecule has 0 spiro atoms. The highest BCUT2D eigenvalue weighted by Gasteiger charge is 2.90. The fourth-order valence-corrected chi connectivity index (χ4v) is 1.67. The van der Waals surface area contributed by atoms with Crippen LogP contribution in [0.4, 0.5) is 52.7 Å². The van der Waals surface area contributed by atoms with Gasteiger partial charge in [-0.2, -0.15) is 48.3 Å². The number of hydrogen-bond acceptors (Lipinski definition) is 1. The number of hydrogen-bond donors (Lipinski definition) is 0. The predicted molar refractivity (Wildman–Crippen MR) is 47.0 cm³/mol. The van der Waals surface area contributed by atoms with Crippen LogP contribution in [0, 0.1) is 0 Å². The van der Waals surface area contributed by atoms with Crippen molar-refractivity contribution in [2.45, 2.75) is 49.6 Å². The summed E-state index contributed by atoms with van der Waals surface area (Å²) in [5.41, 5.74) is -12.6. The van der Waals surface area contributed by atoms with E-state index in [-0.39, 0.29) is 0 Å². The molecule has 0 aliphatic carbocycles. The van der Waals surface area contributed by atoms with Gasteiger partial charge in [0, 0.05) is 6.61 Å². The molecular weight excluding hydrogens is 352 g/mol. The minimum Gasteiger partial charge on any atom is -0.365 e. The molecule has 0 N–H and O–H groups in total. The molecule has 1 nitrogen and oxygen atoms in total. The highest BCUT2D eigenvalue weighted by molar-refractivity contribution is 5.16. The lowest BCUT2D eigenvalue weighted by atomic mass is 9.78. The largest absolute Gasteiger partial charge is 0.456 e. The molecule has 0 bridgehead atoms. The van der Waals surface area contributed by atoms with Gasteiger partial charge in [0.15, 0.2) is 5.60 Å². The van der Waals surface area contributed by atoms with E-state index in [2.05, 4.69) is 4.74 Å². The Morgan fingerprint density at radius 2 is 0.955 bits per heavy atom. The Morgan fingerprint density at radius 1 is 0.636 bits per heavy atom.